The third-order valence-corrected chi connectivity index (χ3v) is 3.69. The van der Waals surface area contributed by atoms with Crippen LogP contribution in [-0.2, 0) is 0 Å². The molecule has 124 valence electrons. The number of aromatic nitrogens is 5. The van der Waals surface area contributed by atoms with E-state index in [1.54, 1.807) is 35.9 Å². The van der Waals surface area contributed by atoms with Crippen molar-refractivity contribution in [2.45, 2.75) is 6.92 Å². The fourth-order valence-electron chi connectivity index (χ4n) is 2.39. The summed E-state index contributed by atoms with van der Waals surface area (Å²) < 4.78 is 32.8. The average molecular weight is 339 g/mol. The Labute approximate surface area is 140 Å². The van der Waals surface area contributed by atoms with E-state index in [9.17, 15) is 8.78 Å². The van der Waals surface area contributed by atoms with Crippen LogP contribution in [0.5, 0.6) is 0 Å². The predicted octanol–water partition coefficient (Wildman–Crippen LogP) is 3.57. The summed E-state index contributed by atoms with van der Waals surface area (Å²) in [5, 5.41) is 12.1. The van der Waals surface area contributed by atoms with E-state index in [0.717, 1.165) is 0 Å². The lowest BCUT2D eigenvalue weighted by Crippen LogP contribution is -1.99. The molecule has 2 aromatic heterocycles. The van der Waals surface area contributed by atoms with E-state index in [2.05, 4.69) is 20.5 Å². The Hall–Kier alpha value is -3.42. The first-order chi connectivity index (χ1) is 12.1. The van der Waals surface area contributed by atoms with Crippen LogP contribution in [-0.4, -0.2) is 25.1 Å². The molecule has 0 aliphatic rings. The molecule has 0 saturated heterocycles. The molecule has 2 heterocycles. The van der Waals surface area contributed by atoms with Gasteiger partial charge >= 0.3 is 0 Å². The van der Waals surface area contributed by atoms with E-state index in [-0.39, 0.29) is 23.3 Å². The molecule has 0 atom stereocenters. The van der Waals surface area contributed by atoms with Gasteiger partial charge in [-0.2, -0.15) is 4.98 Å². The summed E-state index contributed by atoms with van der Waals surface area (Å²) in [6.07, 6.45) is 0. The lowest BCUT2D eigenvalue weighted by Gasteiger charge is -2.02. The number of hydrogen-bond donors (Lipinski definition) is 0. The van der Waals surface area contributed by atoms with Crippen molar-refractivity contribution in [1.82, 2.24) is 25.1 Å². The Morgan fingerprint density at radius 1 is 0.920 bits per heavy atom. The molecule has 0 aliphatic carbocycles. The van der Waals surface area contributed by atoms with E-state index in [4.69, 9.17) is 4.52 Å². The average Bonchev–Trinajstić information content (AvgIpc) is 3.23. The lowest BCUT2D eigenvalue weighted by atomic mass is 10.2. The maximum atomic E-state index is 13.1. The van der Waals surface area contributed by atoms with Crippen LogP contribution >= 0.6 is 0 Å². The SMILES string of the molecule is Cc1c(-c2noc(-c3ccc(F)cc3)n2)nnn1-c1ccc(F)cc1. The van der Waals surface area contributed by atoms with Gasteiger partial charge in [0.1, 0.15) is 11.6 Å². The van der Waals surface area contributed by atoms with Crippen molar-refractivity contribution in [1.29, 1.82) is 0 Å². The fourth-order valence-corrected chi connectivity index (χ4v) is 2.39. The van der Waals surface area contributed by atoms with Gasteiger partial charge in [0.2, 0.25) is 5.82 Å². The van der Waals surface area contributed by atoms with Crippen LogP contribution in [0.3, 0.4) is 0 Å². The number of nitrogens with zero attached hydrogens (tertiary/aromatic N) is 5. The molecular weight excluding hydrogens is 328 g/mol. The molecule has 4 rings (SSSR count). The second-order valence-corrected chi connectivity index (χ2v) is 5.34. The molecule has 25 heavy (non-hydrogen) atoms. The van der Waals surface area contributed by atoms with Gasteiger partial charge in [0.25, 0.3) is 5.89 Å². The first kappa shape index (κ1) is 15.1. The van der Waals surface area contributed by atoms with Crippen LogP contribution in [0.4, 0.5) is 8.78 Å². The van der Waals surface area contributed by atoms with Gasteiger partial charge in [0.05, 0.1) is 11.4 Å². The van der Waals surface area contributed by atoms with E-state index in [1.807, 2.05) is 0 Å². The number of rotatable bonds is 3. The minimum absolute atomic E-state index is 0.255. The largest absolute Gasteiger partial charge is 0.334 e. The standard InChI is InChI=1S/C17H11F2N5O/c1-10-15(21-23-24(10)14-8-6-13(19)7-9-14)16-20-17(25-22-16)11-2-4-12(18)5-3-11/h2-9H,1H3. The molecule has 2 aromatic carbocycles. The molecule has 0 saturated carbocycles. The van der Waals surface area contributed by atoms with Crippen molar-refractivity contribution in [3.63, 3.8) is 0 Å². The van der Waals surface area contributed by atoms with Crippen molar-refractivity contribution in [2.24, 2.45) is 0 Å². The van der Waals surface area contributed by atoms with Gasteiger partial charge in [-0.1, -0.05) is 10.4 Å². The molecule has 0 N–H and O–H groups in total. The molecule has 0 radical (unpaired) electrons. The first-order valence-electron chi connectivity index (χ1n) is 7.40. The molecule has 0 aliphatic heterocycles. The van der Waals surface area contributed by atoms with Crippen LogP contribution < -0.4 is 0 Å². The molecule has 0 spiro atoms. The number of halogens is 2. The summed E-state index contributed by atoms with van der Waals surface area (Å²) in [6.45, 7) is 1.80. The van der Waals surface area contributed by atoms with Gasteiger partial charge in [-0.3, -0.25) is 0 Å². The normalized spacial score (nSPS) is 11.0. The van der Waals surface area contributed by atoms with Crippen molar-refractivity contribution >= 4 is 0 Å². The van der Waals surface area contributed by atoms with Gasteiger partial charge in [0, 0.05) is 5.56 Å². The zero-order valence-electron chi connectivity index (χ0n) is 13.0. The fraction of sp³-hybridized carbons (Fsp3) is 0.0588. The summed E-state index contributed by atoms with van der Waals surface area (Å²) in [6, 6.07) is 11.6. The topological polar surface area (TPSA) is 69.6 Å². The van der Waals surface area contributed by atoms with E-state index >= 15 is 0 Å². The monoisotopic (exact) mass is 339 g/mol. The quantitative estimate of drug-likeness (QED) is 0.571. The van der Waals surface area contributed by atoms with Crippen molar-refractivity contribution in [2.75, 3.05) is 0 Å². The van der Waals surface area contributed by atoms with Crippen LogP contribution in [0.2, 0.25) is 0 Å². The second-order valence-electron chi connectivity index (χ2n) is 5.34. The Balaban J connectivity index is 1.69. The Bertz CT molecular complexity index is 1020. The van der Waals surface area contributed by atoms with Gasteiger partial charge in [-0.25, -0.2) is 13.5 Å². The zero-order chi connectivity index (χ0) is 17.4. The highest BCUT2D eigenvalue weighted by atomic mass is 19.1. The molecule has 0 unspecified atom stereocenters. The van der Waals surface area contributed by atoms with E-state index < -0.39 is 0 Å². The van der Waals surface area contributed by atoms with Gasteiger partial charge in [-0.15, -0.1) is 5.10 Å². The smallest absolute Gasteiger partial charge is 0.258 e. The highest BCUT2D eigenvalue weighted by molar-refractivity contribution is 5.58. The summed E-state index contributed by atoms with van der Waals surface area (Å²) in [5.74, 6) is -0.152. The lowest BCUT2D eigenvalue weighted by molar-refractivity contribution is 0.432. The molecule has 0 amide bonds. The van der Waals surface area contributed by atoms with Crippen LogP contribution in [0.15, 0.2) is 53.1 Å². The summed E-state index contributed by atoms with van der Waals surface area (Å²) >= 11 is 0. The highest BCUT2D eigenvalue weighted by Gasteiger charge is 2.18. The van der Waals surface area contributed by atoms with Crippen molar-refractivity contribution in [3.8, 4) is 28.7 Å². The highest BCUT2D eigenvalue weighted by Crippen LogP contribution is 2.24. The van der Waals surface area contributed by atoms with Gasteiger partial charge in [0.15, 0.2) is 5.69 Å². The van der Waals surface area contributed by atoms with Crippen molar-refractivity contribution in [3.05, 3.63) is 65.9 Å². The summed E-state index contributed by atoms with van der Waals surface area (Å²) in [5.41, 5.74) is 2.39. The maximum absolute atomic E-state index is 13.1. The maximum Gasteiger partial charge on any atom is 0.258 e. The van der Waals surface area contributed by atoms with Gasteiger partial charge in [-0.05, 0) is 55.5 Å². The van der Waals surface area contributed by atoms with E-state index in [0.29, 0.717) is 22.6 Å². The number of hydrogen-bond acceptors (Lipinski definition) is 5. The molecule has 4 aromatic rings. The third-order valence-electron chi connectivity index (χ3n) is 3.69. The number of benzene rings is 2. The van der Waals surface area contributed by atoms with Crippen molar-refractivity contribution < 1.29 is 13.3 Å². The molecule has 6 nitrogen and oxygen atoms in total. The molecule has 0 fully saturated rings. The van der Waals surface area contributed by atoms with Crippen LogP contribution in [0.25, 0.3) is 28.7 Å². The van der Waals surface area contributed by atoms with Gasteiger partial charge < -0.3 is 4.52 Å². The van der Waals surface area contributed by atoms with Crippen LogP contribution in [0, 0.1) is 18.6 Å². The zero-order valence-corrected chi connectivity index (χ0v) is 13.0. The van der Waals surface area contributed by atoms with Crippen LogP contribution in [0.1, 0.15) is 5.69 Å². The second kappa shape index (κ2) is 5.90. The Morgan fingerprint density at radius 3 is 2.24 bits per heavy atom. The minimum atomic E-state index is -0.346. The molecular formula is C17H11F2N5O. The molecule has 0 bridgehead atoms. The first-order valence-corrected chi connectivity index (χ1v) is 7.40. The minimum Gasteiger partial charge on any atom is -0.334 e. The summed E-state index contributed by atoms with van der Waals surface area (Å²) in [4.78, 5) is 4.29. The summed E-state index contributed by atoms with van der Waals surface area (Å²) in [7, 11) is 0. The Morgan fingerprint density at radius 2 is 1.56 bits per heavy atom. The van der Waals surface area contributed by atoms with E-state index in [1.165, 1.54) is 24.3 Å². The molecule has 8 heteroatoms. The third kappa shape index (κ3) is 2.78. The predicted molar refractivity (Wildman–Crippen MR) is 84.7 cm³/mol. The Kier molecular flexibility index (Phi) is 3.57.